The van der Waals surface area contributed by atoms with Gasteiger partial charge in [0.15, 0.2) is 0 Å². The van der Waals surface area contributed by atoms with Crippen molar-refractivity contribution in [2.75, 3.05) is 7.11 Å². The van der Waals surface area contributed by atoms with Crippen LogP contribution in [0.5, 0.6) is 5.75 Å². The van der Waals surface area contributed by atoms with E-state index in [1.54, 1.807) is 31.4 Å². The fourth-order valence-corrected chi connectivity index (χ4v) is 3.13. The van der Waals surface area contributed by atoms with E-state index in [-0.39, 0.29) is 6.10 Å². The van der Waals surface area contributed by atoms with E-state index in [0.717, 1.165) is 12.8 Å². The fraction of sp³-hybridized carbons (Fsp3) is 0.611. The zero-order valence-corrected chi connectivity index (χ0v) is 13.9. The molecule has 0 spiro atoms. The third-order valence-electron chi connectivity index (χ3n) is 4.51. The Labute approximate surface area is 132 Å². The summed E-state index contributed by atoms with van der Waals surface area (Å²) in [6.45, 7) is 6.61. The molecule has 1 aromatic rings. The molecule has 4 heteroatoms. The minimum Gasteiger partial charge on any atom is -0.497 e. The average Bonchev–Trinajstić information content (AvgIpc) is 2.52. The highest BCUT2D eigenvalue weighted by atomic mass is 17.2. The third kappa shape index (κ3) is 4.23. The largest absolute Gasteiger partial charge is 0.497 e. The molecule has 0 saturated heterocycles. The zero-order valence-electron chi connectivity index (χ0n) is 13.9. The van der Waals surface area contributed by atoms with Crippen molar-refractivity contribution in [1.82, 2.24) is 0 Å². The highest BCUT2D eigenvalue weighted by Crippen LogP contribution is 2.35. The van der Waals surface area contributed by atoms with Gasteiger partial charge in [-0.15, -0.1) is 0 Å². The second kappa shape index (κ2) is 7.63. The molecular weight excluding hydrogens is 280 g/mol. The predicted octanol–water partition coefficient (Wildman–Crippen LogP) is 4.24. The van der Waals surface area contributed by atoms with Crippen molar-refractivity contribution in [2.45, 2.75) is 46.1 Å². The van der Waals surface area contributed by atoms with Gasteiger partial charge in [-0.25, -0.2) is 4.79 Å². The molecule has 1 fully saturated rings. The van der Waals surface area contributed by atoms with Crippen LogP contribution in [0.1, 0.15) is 50.4 Å². The first-order valence-corrected chi connectivity index (χ1v) is 8.03. The van der Waals surface area contributed by atoms with Gasteiger partial charge in [-0.3, -0.25) is 4.89 Å². The normalized spacial score (nSPS) is 25.0. The number of carbonyl (C=O) groups is 1. The molecule has 0 heterocycles. The van der Waals surface area contributed by atoms with Gasteiger partial charge in [0.1, 0.15) is 11.9 Å². The lowest BCUT2D eigenvalue weighted by atomic mass is 9.75. The predicted molar refractivity (Wildman–Crippen MR) is 84.6 cm³/mol. The van der Waals surface area contributed by atoms with Crippen molar-refractivity contribution >= 4 is 5.97 Å². The highest BCUT2D eigenvalue weighted by Gasteiger charge is 2.33. The van der Waals surface area contributed by atoms with E-state index in [1.165, 1.54) is 6.42 Å². The number of benzene rings is 1. The summed E-state index contributed by atoms with van der Waals surface area (Å²) in [6.07, 6.45) is 3.26. The lowest BCUT2D eigenvalue weighted by Gasteiger charge is -2.35. The summed E-state index contributed by atoms with van der Waals surface area (Å²) in [5.41, 5.74) is 0.435. The maximum absolute atomic E-state index is 12.1. The van der Waals surface area contributed by atoms with Crippen LogP contribution in [0.4, 0.5) is 0 Å². The van der Waals surface area contributed by atoms with E-state index in [2.05, 4.69) is 20.8 Å². The zero-order chi connectivity index (χ0) is 16.1. The van der Waals surface area contributed by atoms with Crippen molar-refractivity contribution in [3.63, 3.8) is 0 Å². The van der Waals surface area contributed by atoms with Crippen molar-refractivity contribution in [2.24, 2.45) is 17.8 Å². The Morgan fingerprint density at radius 1 is 1.27 bits per heavy atom. The molecule has 1 aliphatic carbocycles. The number of hydrogen-bond acceptors (Lipinski definition) is 4. The lowest BCUT2D eigenvalue weighted by Crippen LogP contribution is -2.34. The van der Waals surface area contributed by atoms with Crippen molar-refractivity contribution in [3.05, 3.63) is 29.8 Å². The van der Waals surface area contributed by atoms with E-state index < -0.39 is 5.97 Å². The van der Waals surface area contributed by atoms with Crippen molar-refractivity contribution in [3.8, 4) is 5.75 Å². The van der Waals surface area contributed by atoms with E-state index in [4.69, 9.17) is 14.5 Å². The van der Waals surface area contributed by atoms with Crippen LogP contribution in [-0.4, -0.2) is 19.2 Å². The first kappa shape index (κ1) is 16.8. The molecule has 1 aromatic carbocycles. The van der Waals surface area contributed by atoms with Crippen LogP contribution in [0.2, 0.25) is 0 Å². The SMILES string of the molecule is COc1cccc(C(=O)OOC2CC(C)CCC2C(C)C)c1. The van der Waals surface area contributed by atoms with E-state index in [0.29, 0.717) is 29.1 Å². The van der Waals surface area contributed by atoms with Gasteiger partial charge in [-0.1, -0.05) is 33.3 Å². The molecule has 22 heavy (non-hydrogen) atoms. The van der Waals surface area contributed by atoms with Gasteiger partial charge in [-0.05, 0) is 48.8 Å². The molecule has 0 radical (unpaired) electrons. The summed E-state index contributed by atoms with van der Waals surface area (Å²) in [7, 11) is 1.57. The van der Waals surface area contributed by atoms with E-state index in [9.17, 15) is 4.79 Å². The number of rotatable bonds is 5. The molecular formula is C18H26O4. The molecule has 4 nitrogen and oxygen atoms in total. The molecule has 0 N–H and O–H groups in total. The summed E-state index contributed by atoms with van der Waals surface area (Å²) in [5, 5.41) is 0. The van der Waals surface area contributed by atoms with E-state index in [1.807, 2.05) is 0 Å². The van der Waals surface area contributed by atoms with E-state index >= 15 is 0 Å². The molecule has 0 aromatic heterocycles. The molecule has 3 atom stereocenters. The summed E-state index contributed by atoms with van der Waals surface area (Å²) >= 11 is 0. The topological polar surface area (TPSA) is 44.8 Å². The maximum Gasteiger partial charge on any atom is 0.373 e. The Bertz CT molecular complexity index is 498. The van der Waals surface area contributed by atoms with Gasteiger partial charge in [0.05, 0.1) is 12.7 Å². The van der Waals surface area contributed by atoms with Gasteiger partial charge in [0.2, 0.25) is 0 Å². The van der Waals surface area contributed by atoms with Crippen LogP contribution in [0.15, 0.2) is 24.3 Å². The van der Waals surface area contributed by atoms with Crippen LogP contribution < -0.4 is 4.74 Å². The summed E-state index contributed by atoms with van der Waals surface area (Å²) < 4.78 is 5.11. The van der Waals surface area contributed by atoms with Crippen LogP contribution in [0.25, 0.3) is 0 Å². The number of ether oxygens (including phenoxy) is 1. The molecule has 0 aliphatic heterocycles. The Hall–Kier alpha value is -1.55. The standard InChI is InChI=1S/C18H26O4/c1-12(2)16-9-8-13(3)10-17(16)21-22-18(19)14-6-5-7-15(11-14)20-4/h5-7,11-13,16-17H,8-10H2,1-4H3. The second-order valence-corrected chi connectivity index (χ2v) is 6.56. The Kier molecular flexibility index (Phi) is 5.83. The highest BCUT2D eigenvalue weighted by molar-refractivity contribution is 5.89. The van der Waals surface area contributed by atoms with Crippen LogP contribution in [-0.2, 0) is 9.78 Å². The molecule has 1 aliphatic rings. The molecule has 2 rings (SSSR count). The van der Waals surface area contributed by atoms with Gasteiger partial charge < -0.3 is 4.74 Å². The van der Waals surface area contributed by atoms with Gasteiger partial charge >= 0.3 is 5.97 Å². The lowest BCUT2D eigenvalue weighted by molar-refractivity contribution is -0.296. The average molecular weight is 306 g/mol. The number of hydrogen-bond donors (Lipinski definition) is 0. The minimum atomic E-state index is -0.473. The Morgan fingerprint density at radius 3 is 2.73 bits per heavy atom. The Morgan fingerprint density at radius 2 is 2.05 bits per heavy atom. The molecule has 3 unspecified atom stereocenters. The molecule has 0 bridgehead atoms. The Balaban J connectivity index is 1.96. The van der Waals surface area contributed by atoms with Crippen LogP contribution in [0.3, 0.4) is 0 Å². The first-order valence-electron chi connectivity index (χ1n) is 8.03. The maximum atomic E-state index is 12.1. The van der Waals surface area contributed by atoms with Gasteiger partial charge in [-0.2, -0.15) is 4.89 Å². The van der Waals surface area contributed by atoms with Crippen LogP contribution >= 0.6 is 0 Å². The number of carbonyl (C=O) groups excluding carboxylic acids is 1. The van der Waals surface area contributed by atoms with Crippen LogP contribution in [0, 0.1) is 17.8 Å². The van der Waals surface area contributed by atoms with Crippen molar-refractivity contribution in [1.29, 1.82) is 0 Å². The van der Waals surface area contributed by atoms with Crippen molar-refractivity contribution < 1.29 is 19.3 Å². The summed E-state index contributed by atoms with van der Waals surface area (Å²) in [4.78, 5) is 22.7. The summed E-state index contributed by atoms with van der Waals surface area (Å²) in [5.74, 6) is 1.72. The third-order valence-corrected chi connectivity index (χ3v) is 4.51. The monoisotopic (exact) mass is 306 g/mol. The second-order valence-electron chi connectivity index (χ2n) is 6.56. The smallest absolute Gasteiger partial charge is 0.373 e. The first-order chi connectivity index (χ1) is 10.5. The molecule has 1 saturated carbocycles. The van der Waals surface area contributed by atoms with Gasteiger partial charge in [0.25, 0.3) is 0 Å². The quantitative estimate of drug-likeness (QED) is 0.603. The molecule has 0 amide bonds. The fourth-order valence-electron chi connectivity index (χ4n) is 3.13. The number of methoxy groups -OCH3 is 1. The minimum absolute atomic E-state index is 0.0155. The molecule has 122 valence electrons. The van der Waals surface area contributed by atoms with Gasteiger partial charge in [0, 0.05) is 0 Å². The summed E-state index contributed by atoms with van der Waals surface area (Å²) in [6, 6.07) is 6.89.